The molecule has 2 heterocycles. The highest BCUT2D eigenvalue weighted by molar-refractivity contribution is 7.13. The summed E-state index contributed by atoms with van der Waals surface area (Å²) in [5, 5.41) is 0. The molecule has 0 saturated heterocycles. The van der Waals surface area contributed by atoms with Crippen LogP contribution < -0.4 is 20.9 Å². The first kappa shape index (κ1) is 17.0. The van der Waals surface area contributed by atoms with Crippen molar-refractivity contribution in [2.45, 2.75) is 19.8 Å². The van der Waals surface area contributed by atoms with Crippen molar-refractivity contribution >= 4 is 23.1 Å². The molecule has 0 radical (unpaired) electrons. The van der Waals surface area contributed by atoms with Gasteiger partial charge in [-0.2, -0.15) is 4.98 Å². The van der Waals surface area contributed by atoms with Gasteiger partial charge in [0, 0.05) is 17.3 Å². The van der Waals surface area contributed by atoms with Gasteiger partial charge in [0.25, 0.3) is 0 Å². The Morgan fingerprint density at radius 2 is 1.88 bits per heavy atom. The van der Waals surface area contributed by atoms with E-state index in [1.165, 1.54) is 17.5 Å². The largest absolute Gasteiger partial charge is 0.496 e. The van der Waals surface area contributed by atoms with Crippen molar-refractivity contribution < 1.29 is 9.47 Å². The molecule has 0 spiro atoms. The van der Waals surface area contributed by atoms with Crippen molar-refractivity contribution in [3.8, 4) is 27.7 Å². The van der Waals surface area contributed by atoms with Crippen LogP contribution in [0.4, 0.5) is 11.8 Å². The lowest BCUT2D eigenvalue weighted by atomic mass is 9.99. The van der Waals surface area contributed by atoms with E-state index < -0.39 is 0 Å². The molecule has 0 unspecified atom stereocenters. The Morgan fingerprint density at radius 3 is 2.48 bits per heavy atom. The predicted molar refractivity (Wildman–Crippen MR) is 99.1 cm³/mol. The SMILES string of the molecule is COc1cc(C(C)C)c(Oc2cnc(N)nc2N)cc1-c1cncs1. The number of nitrogens with two attached hydrogens (primary N) is 2. The monoisotopic (exact) mass is 357 g/mol. The second-order valence-electron chi connectivity index (χ2n) is 5.69. The second kappa shape index (κ2) is 6.94. The van der Waals surface area contributed by atoms with Crippen LogP contribution in [0.3, 0.4) is 0 Å². The molecule has 4 N–H and O–H groups in total. The fraction of sp³-hybridized carbons (Fsp3) is 0.235. The summed E-state index contributed by atoms with van der Waals surface area (Å²) in [4.78, 5) is 13.0. The molecular weight excluding hydrogens is 338 g/mol. The molecule has 0 aliphatic rings. The van der Waals surface area contributed by atoms with E-state index in [1.54, 1.807) is 18.8 Å². The number of methoxy groups -OCH3 is 1. The maximum Gasteiger partial charge on any atom is 0.222 e. The van der Waals surface area contributed by atoms with Gasteiger partial charge in [-0.15, -0.1) is 11.3 Å². The van der Waals surface area contributed by atoms with Crippen LogP contribution in [0.25, 0.3) is 10.4 Å². The Morgan fingerprint density at radius 1 is 1.08 bits per heavy atom. The maximum absolute atomic E-state index is 6.02. The number of nitrogens with zero attached hydrogens (tertiary/aromatic N) is 3. The van der Waals surface area contributed by atoms with E-state index in [-0.39, 0.29) is 17.7 Å². The molecule has 0 aliphatic heterocycles. The molecule has 130 valence electrons. The zero-order valence-corrected chi connectivity index (χ0v) is 15.0. The number of benzene rings is 1. The standard InChI is InChI=1S/C17H19N5O2S/c1-9(2)10-4-12(23-3)11(15-7-20-8-25-15)5-13(10)24-14-6-21-17(19)22-16(14)18/h4-9H,1-3H3,(H4,18,19,21,22). The van der Waals surface area contributed by atoms with Gasteiger partial charge >= 0.3 is 0 Å². The first-order valence-electron chi connectivity index (χ1n) is 7.66. The third kappa shape index (κ3) is 3.48. The highest BCUT2D eigenvalue weighted by Gasteiger charge is 2.18. The molecule has 1 aromatic carbocycles. The third-order valence-corrected chi connectivity index (χ3v) is 4.48. The molecule has 0 atom stereocenters. The van der Waals surface area contributed by atoms with Crippen LogP contribution in [-0.4, -0.2) is 22.1 Å². The van der Waals surface area contributed by atoms with E-state index in [2.05, 4.69) is 28.8 Å². The minimum Gasteiger partial charge on any atom is -0.496 e. The van der Waals surface area contributed by atoms with Crippen LogP contribution in [0.5, 0.6) is 17.2 Å². The number of hydrogen-bond acceptors (Lipinski definition) is 8. The molecule has 3 rings (SSSR count). The van der Waals surface area contributed by atoms with Crippen molar-refractivity contribution in [3.05, 3.63) is 35.6 Å². The third-order valence-electron chi connectivity index (χ3n) is 3.67. The van der Waals surface area contributed by atoms with E-state index >= 15 is 0 Å². The minimum absolute atomic E-state index is 0.106. The summed E-state index contributed by atoms with van der Waals surface area (Å²) >= 11 is 1.53. The molecule has 0 saturated carbocycles. The summed E-state index contributed by atoms with van der Waals surface area (Å²) in [5.74, 6) is 2.30. The van der Waals surface area contributed by atoms with Crippen molar-refractivity contribution in [2.24, 2.45) is 0 Å². The number of aromatic nitrogens is 3. The number of nitrogen functional groups attached to an aromatic ring is 2. The first-order valence-corrected chi connectivity index (χ1v) is 8.54. The molecule has 8 heteroatoms. The van der Waals surface area contributed by atoms with Crippen LogP contribution in [0.2, 0.25) is 0 Å². The topological polar surface area (TPSA) is 109 Å². The smallest absolute Gasteiger partial charge is 0.222 e. The lowest BCUT2D eigenvalue weighted by Gasteiger charge is -2.18. The van der Waals surface area contributed by atoms with Gasteiger partial charge < -0.3 is 20.9 Å². The Balaban J connectivity index is 2.11. The molecule has 25 heavy (non-hydrogen) atoms. The number of anilines is 2. The van der Waals surface area contributed by atoms with Gasteiger partial charge in [0.05, 0.1) is 23.7 Å². The van der Waals surface area contributed by atoms with Gasteiger partial charge in [-0.25, -0.2) is 4.98 Å². The molecule has 0 fully saturated rings. The van der Waals surface area contributed by atoms with Crippen molar-refractivity contribution in [1.29, 1.82) is 0 Å². The van der Waals surface area contributed by atoms with Crippen molar-refractivity contribution in [2.75, 3.05) is 18.6 Å². The average molecular weight is 357 g/mol. The van der Waals surface area contributed by atoms with Gasteiger partial charge in [0.2, 0.25) is 5.95 Å². The van der Waals surface area contributed by atoms with E-state index in [0.29, 0.717) is 11.5 Å². The van der Waals surface area contributed by atoms with Crippen LogP contribution in [0.15, 0.2) is 30.0 Å². The fourth-order valence-corrected chi connectivity index (χ4v) is 3.06. The van der Waals surface area contributed by atoms with Crippen molar-refractivity contribution in [3.63, 3.8) is 0 Å². The molecule has 0 bridgehead atoms. The Kier molecular flexibility index (Phi) is 4.71. The van der Waals surface area contributed by atoms with Gasteiger partial charge in [0.15, 0.2) is 11.6 Å². The Labute approximate surface area is 149 Å². The van der Waals surface area contributed by atoms with Gasteiger partial charge in [-0.1, -0.05) is 13.8 Å². The van der Waals surface area contributed by atoms with Crippen molar-refractivity contribution in [1.82, 2.24) is 15.0 Å². The maximum atomic E-state index is 6.02. The van der Waals surface area contributed by atoms with Crippen LogP contribution in [0.1, 0.15) is 25.3 Å². The Bertz CT molecular complexity index is 881. The number of thiazole rings is 1. The highest BCUT2D eigenvalue weighted by atomic mass is 32.1. The van der Waals surface area contributed by atoms with E-state index in [0.717, 1.165) is 21.8 Å². The number of rotatable bonds is 5. The summed E-state index contributed by atoms with van der Waals surface area (Å²) in [5.41, 5.74) is 15.1. The molecule has 7 nitrogen and oxygen atoms in total. The minimum atomic E-state index is 0.106. The van der Waals surface area contributed by atoms with Gasteiger partial charge in [-0.05, 0) is 18.1 Å². The summed E-state index contributed by atoms with van der Waals surface area (Å²) in [6.45, 7) is 4.16. The van der Waals surface area contributed by atoms with E-state index in [1.807, 2.05) is 12.1 Å². The predicted octanol–water partition coefficient (Wildman–Crippen LogP) is 3.69. The van der Waals surface area contributed by atoms with Crippen LogP contribution >= 0.6 is 11.3 Å². The zero-order valence-electron chi connectivity index (χ0n) is 14.2. The lowest BCUT2D eigenvalue weighted by molar-refractivity contribution is 0.413. The molecule has 0 aliphatic carbocycles. The van der Waals surface area contributed by atoms with E-state index in [9.17, 15) is 0 Å². The van der Waals surface area contributed by atoms with Crippen LogP contribution in [0, 0.1) is 0 Å². The summed E-state index contributed by atoms with van der Waals surface area (Å²) < 4.78 is 11.6. The number of ether oxygens (including phenoxy) is 2. The molecule has 0 amide bonds. The number of hydrogen-bond donors (Lipinski definition) is 2. The Hall–Kier alpha value is -2.87. The van der Waals surface area contributed by atoms with Gasteiger partial charge in [0.1, 0.15) is 11.5 Å². The summed E-state index contributed by atoms with van der Waals surface area (Å²) in [6.07, 6.45) is 3.26. The first-order chi connectivity index (χ1) is 12.0. The van der Waals surface area contributed by atoms with Gasteiger partial charge in [-0.3, -0.25) is 4.98 Å². The summed E-state index contributed by atoms with van der Waals surface area (Å²) in [6, 6.07) is 3.90. The normalized spacial score (nSPS) is 10.9. The quantitative estimate of drug-likeness (QED) is 0.716. The second-order valence-corrected chi connectivity index (χ2v) is 6.58. The fourth-order valence-electron chi connectivity index (χ4n) is 2.42. The zero-order chi connectivity index (χ0) is 18.0. The molecule has 2 aromatic heterocycles. The summed E-state index contributed by atoms with van der Waals surface area (Å²) in [7, 11) is 1.65. The highest BCUT2D eigenvalue weighted by Crippen LogP contribution is 2.42. The lowest BCUT2D eigenvalue weighted by Crippen LogP contribution is -2.03. The molecular formula is C17H19N5O2S. The van der Waals surface area contributed by atoms with E-state index in [4.69, 9.17) is 20.9 Å². The average Bonchev–Trinajstić information content (AvgIpc) is 3.11. The van der Waals surface area contributed by atoms with Crippen LogP contribution in [-0.2, 0) is 0 Å². The molecule has 3 aromatic rings.